The molecule has 154 valence electrons. The van der Waals surface area contributed by atoms with Gasteiger partial charge in [-0.05, 0) is 38.1 Å². The Hall–Kier alpha value is -3.49. The number of aromatic nitrogens is 4. The average molecular weight is 399 g/mol. The van der Waals surface area contributed by atoms with Gasteiger partial charge >= 0.3 is 0 Å². The molecule has 0 spiro atoms. The van der Waals surface area contributed by atoms with E-state index in [0.717, 1.165) is 12.2 Å². The first-order valence-corrected chi connectivity index (χ1v) is 9.27. The van der Waals surface area contributed by atoms with Crippen molar-refractivity contribution in [2.45, 2.75) is 33.2 Å². The lowest BCUT2D eigenvalue weighted by atomic mass is 10.2. The number of rotatable bonds is 9. The Morgan fingerprint density at radius 1 is 1.17 bits per heavy atom. The highest BCUT2D eigenvalue weighted by Gasteiger charge is 2.17. The molecule has 3 aromatic rings. The van der Waals surface area contributed by atoms with Crippen LogP contribution in [0.25, 0.3) is 0 Å². The van der Waals surface area contributed by atoms with E-state index in [0.29, 0.717) is 22.9 Å². The van der Waals surface area contributed by atoms with Gasteiger partial charge in [0.2, 0.25) is 5.75 Å². The number of nitrogens with one attached hydrogen (secondary N) is 1. The van der Waals surface area contributed by atoms with Crippen LogP contribution in [0.3, 0.4) is 0 Å². The predicted octanol–water partition coefficient (Wildman–Crippen LogP) is 2.64. The Morgan fingerprint density at radius 3 is 2.55 bits per heavy atom. The van der Waals surface area contributed by atoms with E-state index in [1.165, 1.54) is 4.68 Å². The van der Waals surface area contributed by atoms with Crippen LogP contribution >= 0.6 is 0 Å². The number of amides is 1. The van der Waals surface area contributed by atoms with Gasteiger partial charge in [-0.1, -0.05) is 6.07 Å². The van der Waals surface area contributed by atoms with Crippen LogP contribution in [0.5, 0.6) is 17.2 Å². The van der Waals surface area contributed by atoms with Crippen molar-refractivity contribution in [3.8, 4) is 17.2 Å². The second-order valence-electron chi connectivity index (χ2n) is 6.27. The van der Waals surface area contributed by atoms with Gasteiger partial charge in [0.1, 0.15) is 5.69 Å². The van der Waals surface area contributed by atoms with Crippen molar-refractivity contribution in [3.63, 3.8) is 0 Å². The molecule has 0 aliphatic carbocycles. The van der Waals surface area contributed by atoms with E-state index in [-0.39, 0.29) is 18.7 Å². The minimum atomic E-state index is -0.269. The van der Waals surface area contributed by atoms with Crippen LogP contribution in [0.15, 0.2) is 42.7 Å². The van der Waals surface area contributed by atoms with Crippen molar-refractivity contribution in [1.82, 2.24) is 24.9 Å². The van der Waals surface area contributed by atoms with Gasteiger partial charge in [-0.15, -0.1) is 0 Å². The Morgan fingerprint density at radius 2 is 1.90 bits per heavy atom. The van der Waals surface area contributed by atoms with Gasteiger partial charge in [-0.25, -0.2) is 4.68 Å². The quantitative estimate of drug-likeness (QED) is 0.595. The largest absolute Gasteiger partial charge is 0.493 e. The molecule has 0 saturated heterocycles. The summed E-state index contributed by atoms with van der Waals surface area (Å²) in [6.07, 6.45) is 3.40. The summed E-state index contributed by atoms with van der Waals surface area (Å²) in [6.45, 7) is 4.75. The van der Waals surface area contributed by atoms with E-state index in [1.807, 2.05) is 30.7 Å². The number of nitrogens with zero attached hydrogens (tertiary/aromatic N) is 4. The molecule has 1 N–H and O–H groups in total. The molecule has 3 rings (SSSR count). The fourth-order valence-corrected chi connectivity index (χ4v) is 2.96. The smallest absolute Gasteiger partial charge is 0.272 e. The Balaban J connectivity index is 1.64. The van der Waals surface area contributed by atoms with Gasteiger partial charge in [0.25, 0.3) is 5.91 Å². The second kappa shape index (κ2) is 9.13. The lowest BCUT2D eigenvalue weighted by molar-refractivity contribution is 0.0931. The van der Waals surface area contributed by atoms with Gasteiger partial charge < -0.3 is 19.5 Å². The van der Waals surface area contributed by atoms with Gasteiger partial charge in [0.05, 0.1) is 26.0 Å². The molecule has 0 aliphatic rings. The minimum absolute atomic E-state index is 0.0994. The molecule has 0 saturated carbocycles. The van der Waals surface area contributed by atoms with Crippen molar-refractivity contribution in [3.05, 3.63) is 54.1 Å². The fraction of sp³-hybridized carbons (Fsp3) is 0.350. The van der Waals surface area contributed by atoms with Crippen molar-refractivity contribution >= 4 is 5.91 Å². The van der Waals surface area contributed by atoms with E-state index in [1.54, 1.807) is 44.8 Å². The molecular weight excluding hydrogens is 374 g/mol. The number of benzene rings is 1. The highest BCUT2D eigenvalue weighted by Crippen LogP contribution is 2.36. The van der Waals surface area contributed by atoms with Crippen molar-refractivity contribution in [1.29, 1.82) is 0 Å². The molecule has 9 heteroatoms. The zero-order valence-corrected chi connectivity index (χ0v) is 17.0. The topological polar surface area (TPSA) is 92.4 Å². The number of hydrogen-bond donors (Lipinski definition) is 1. The normalized spacial score (nSPS) is 11.7. The van der Waals surface area contributed by atoms with Crippen LogP contribution in [0.4, 0.5) is 0 Å². The standard InChI is InChI=1S/C20H25N5O4/c1-5-25-16(9-11-21-25)14(2)22-20(26)15-10-12-24(23-15)13-29-19-17(27-3)7-6-8-18(19)28-4/h6-12,14H,5,13H2,1-4H3,(H,22,26). The van der Waals surface area contributed by atoms with Crippen molar-refractivity contribution in [2.75, 3.05) is 14.2 Å². The van der Waals surface area contributed by atoms with Crippen molar-refractivity contribution in [2.24, 2.45) is 0 Å². The summed E-state index contributed by atoms with van der Waals surface area (Å²) in [5.74, 6) is 1.31. The number of aryl methyl sites for hydroxylation is 1. The number of para-hydroxylation sites is 1. The van der Waals surface area contributed by atoms with Crippen molar-refractivity contribution < 1.29 is 19.0 Å². The SMILES string of the molecule is CCn1nccc1C(C)NC(=O)c1ccn(COc2c(OC)cccc2OC)n1. The van der Waals surface area contributed by atoms with Crippen LogP contribution in [0.1, 0.15) is 36.1 Å². The molecule has 1 amide bonds. The third-order valence-corrected chi connectivity index (χ3v) is 4.44. The molecular formula is C20H25N5O4. The molecule has 1 aromatic carbocycles. The first kappa shape index (κ1) is 20.2. The minimum Gasteiger partial charge on any atom is -0.493 e. The fourth-order valence-electron chi connectivity index (χ4n) is 2.96. The Kier molecular flexibility index (Phi) is 6.38. The van der Waals surface area contributed by atoms with Crippen LogP contribution in [-0.2, 0) is 13.3 Å². The van der Waals surface area contributed by atoms with E-state index >= 15 is 0 Å². The second-order valence-corrected chi connectivity index (χ2v) is 6.27. The molecule has 29 heavy (non-hydrogen) atoms. The van der Waals surface area contributed by atoms with Gasteiger partial charge in [-0.2, -0.15) is 10.2 Å². The summed E-state index contributed by atoms with van der Waals surface area (Å²) in [7, 11) is 3.12. The molecule has 0 radical (unpaired) electrons. The maximum atomic E-state index is 12.5. The van der Waals surface area contributed by atoms with E-state index in [2.05, 4.69) is 15.5 Å². The third-order valence-electron chi connectivity index (χ3n) is 4.44. The first-order valence-electron chi connectivity index (χ1n) is 9.27. The summed E-state index contributed by atoms with van der Waals surface area (Å²) in [5, 5.41) is 11.5. The molecule has 2 heterocycles. The monoisotopic (exact) mass is 399 g/mol. The van der Waals surface area contributed by atoms with Crippen LogP contribution in [0.2, 0.25) is 0 Å². The van der Waals surface area contributed by atoms with Gasteiger partial charge in [0.15, 0.2) is 18.2 Å². The number of ether oxygens (including phenoxy) is 3. The summed E-state index contributed by atoms with van der Waals surface area (Å²) < 4.78 is 19.8. The molecule has 0 aliphatic heterocycles. The maximum absolute atomic E-state index is 12.5. The zero-order valence-electron chi connectivity index (χ0n) is 17.0. The molecule has 2 aromatic heterocycles. The number of methoxy groups -OCH3 is 2. The zero-order chi connectivity index (χ0) is 20.8. The average Bonchev–Trinajstić information content (AvgIpc) is 3.41. The van der Waals surface area contributed by atoms with E-state index in [9.17, 15) is 4.79 Å². The van der Waals surface area contributed by atoms with Crippen LogP contribution < -0.4 is 19.5 Å². The van der Waals surface area contributed by atoms with Crippen LogP contribution in [-0.4, -0.2) is 39.7 Å². The number of carbonyl (C=O) groups excluding carboxylic acids is 1. The van der Waals surface area contributed by atoms with E-state index < -0.39 is 0 Å². The molecule has 1 unspecified atom stereocenters. The van der Waals surface area contributed by atoms with Gasteiger partial charge in [0, 0.05) is 18.9 Å². The van der Waals surface area contributed by atoms with E-state index in [4.69, 9.17) is 14.2 Å². The lowest BCUT2D eigenvalue weighted by Crippen LogP contribution is -2.28. The molecule has 9 nitrogen and oxygen atoms in total. The molecule has 0 bridgehead atoms. The molecule has 0 fully saturated rings. The Bertz CT molecular complexity index is 943. The summed E-state index contributed by atoms with van der Waals surface area (Å²) >= 11 is 0. The van der Waals surface area contributed by atoms with Crippen LogP contribution in [0, 0.1) is 0 Å². The highest BCUT2D eigenvalue weighted by molar-refractivity contribution is 5.92. The Labute approximate surface area is 169 Å². The number of carbonyl (C=O) groups is 1. The lowest BCUT2D eigenvalue weighted by Gasteiger charge is -2.15. The highest BCUT2D eigenvalue weighted by atomic mass is 16.5. The molecule has 1 atom stereocenters. The van der Waals surface area contributed by atoms with Gasteiger partial charge in [-0.3, -0.25) is 9.48 Å². The third kappa shape index (κ3) is 4.50. The first-order chi connectivity index (χ1) is 14.1. The predicted molar refractivity (Wildman–Crippen MR) is 106 cm³/mol. The summed E-state index contributed by atoms with van der Waals surface area (Å²) in [6, 6.07) is 8.71. The number of hydrogen-bond acceptors (Lipinski definition) is 6. The summed E-state index contributed by atoms with van der Waals surface area (Å²) in [5.41, 5.74) is 1.24. The summed E-state index contributed by atoms with van der Waals surface area (Å²) in [4.78, 5) is 12.5. The maximum Gasteiger partial charge on any atom is 0.272 e.